The molecule has 0 aliphatic heterocycles. The number of nitrogens with zero attached hydrogens (tertiary/aromatic N) is 2. The van der Waals surface area contributed by atoms with Gasteiger partial charge in [-0.2, -0.15) is 0 Å². The molecule has 1 aliphatic rings. The van der Waals surface area contributed by atoms with Crippen molar-refractivity contribution in [1.29, 1.82) is 0 Å². The average Bonchev–Trinajstić information content (AvgIpc) is 2.54. The van der Waals surface area contributed by atoms with Crippen LogP contribution in [0.3, 0.4) is 0 Å². The molecule has 0 amide bonds. The van der Waals surface area contributed by atoms with E-state index in [1.54, 1.807) is 18.2 Å². The van der Waals surface area contributed by atoms with Crippen molar-refractivity contribution in [3.63, 3.8) is 0 Å². The highest BCUT2D eigenvalue weighted by Crippen LogP contribution is 2.47. The summed E-state index contributed by atoms with van der Waals surface area (Å²) < 4.78 is 1.97. The van der Waals surface area contributed by atoms with Crippen molar-refractivity contribution >= 4 is 11.0 Å². The molecule has 1 heterocycles. The van der Waals surface area contributed by atoms with Gasteiger partial charge in [0.15, 0.2) is 0 Å². The van der Waals surface area contributed by atoms with Crippen LogP contribution in [0.1, 0.15) is 75.6 Å². The van der Waals surface area contributed by atoms with Crippen molar-refractivity contribution in [1.82, 2.24) is 4.73 Å². The summed E-state index contributed by atoms with van der Waals surface area (Å²) in [6, 6.07) is 7.07. The highest BCUT2D eigenvalue weighted by Gasteiger charge is 2.45. The van der Waals surface area contributed by atoms with E-state index in [9.17, 15) is 10.1 Å². The van der Waals surface area contributed by atoms with Crippen molar-refractivity contribution in [2.24, 2.45) is 0 Å². The average molecular weight is 300 g/mol. The predicted octanol–water partition coefficient (Wildman–Crippen LogP) is 4.46. The minimum Gasteiger partial charge on any atom is -0.805 e. The van der Waals surface area contributed by atoms with E-state index in [0.717, 1.165) is 22.0 Å². The molecule has 2 atom stereocenters. The molecule has 0 fully saturated rings. The van der Waals surface area contributed by atoms with Gasteiger partial charge in [-0.3, -0.25) is 0 Å². The van der Waals surface area contributed by atoms with E-state index in [2.05, 4.69) is 13.8 Å². The van der Waals surface area contributed by atoms with E-state index in [1.165, 1.54) is 25.7 Å². The summed E-state index contributed by atoms with van der Waals surface area (Å²) in [5, 5.41) is 12.6. The van der Waals surface area contributed by atoms with Crippen LogP contribution in [-0.4, -0.2) is 4.73 Å². The van der Waals surface area contributed by atoms with Crippen molar-refractivity contribution in [3.05, 3.63) is 45.8 Å². The lowest BCUT2D eigenvalue weighted by molar-refractivity contribution is -0.483. The first-order valence-electron chi connectivity index (χ1n) is 8.44. The van der Waals surface area contributed by atoms with Crippen LogP contribution in [0.5, 0.6) is 0 Å². The lowest BCUT2D eigenvalue weighted by Gasteiger charge is -2.36. The van der Waals surface area contributed by atoms with Crippen molar-refractivity contribution in [2.45, 2.75) is 64.2 Å². The fourth-order valence-corrected chi connectivity index (χ4v) is 3.72. The maximum absolute atomic E-state index is 12.6. The predicted molar refractivity (Wildman–Crippen MR) is 88.6 cm³/mol. The van der Waals surface area contributed by atoms with Gasteiger partial charge in [0.05, 0.1) is 16.0 Å². The molecule has 2 aromatic rings. The minimum absolute atomic E-state index is 0.184. The first-order chi connectivity index (χ1) is 10.7. The Hall–Kier alpha value is -1.84. The number of hydrogen-bond acceptors (Lipinski definition) is 2. The second-order valence-corrected chi connectivity index (χ2v) is 6.45. The standard InChI is InChI=1S/C18H24N2O2/c1-3-4-5-6-7-10-14-13(2)17-18(14)20(22)16-12-9-8-11-15(16)19(17)21/h8-9,11-14H,3-7,10H2,1-2H3. The Labute approximate surface area is 131 Å². The second kappa shape index (κ2) is 6.11. The summed E-state index contributed by atoms with van der Waals surface area (Å²) in [7, 11) is 0. The van der Waals surface area contributed by atoms with E-state index in [1.807, 2.05) is 6.07 Å². The van der Waals surface area contributed by atoms with Crippen LogP contribution in [0.4, 0.5) is 0 Å². The van der Waals surface area contributed by atoms with Crippen LogP contribution in [0, 0.1) is 10.1 Å². The maximum atomic E-state index is 12.6. The molecule has 1 aromatic carbocycles. The second-order valence-electron chi connectivity index (χ2n) is 6.45. The Morgan fingerprint density at radius 2 is 1.91 bits per heavy atom. The van der Waals surface area contributed by atoms with E-state index in [-0.39, 0.29) is 11.8 Å². The zero-order valence-electron chi connectivity index (χ0n) is 13.4. The van der Waals surface area contributed by atoms with Crippen LogP contribution in [0.2, 0.25) is 0 Å². The summed E-state index contributed by atoms with van der Waals surface area (Å²) in [4.78, 5) is 12.5. The highest BCUT2D eigenvalue weighted by atomic mass is 16.5. The molecule has 0 N–H and O–H groups in total. The zero-order chi connectivity index (χ0) is 15.7. The summed E-state index contributed by atoms with van der Waals surface area (Å²) in [5.41, 5.74) is 2.34. The molecule has 1 aliphatic carbocycles. The molecule has 0 saturated carbocycles. The molecule has 0 saturated heterocycles. The molecule has 2 unspecified atom stereocenters. The number of rotatable bonds is 6. The van der Waals surface area contributed by atoms with E-state index in [4.69, 9.17) is 0 Å². The van der Waals surface area contributed by atoms with Gasteiger partial charge >= 0.3 is 0 Å². The number of fused-ring (bicyclic) bond motifs is 2. The van der Waals surface area contributed by atoms with Crippen LogP contribution < -0.4 is 4.43 Å². The number of benzene rings is 1. The van der Waals surface area contributed by atoms with E-state index in [0.29, 0.717) is 22.4 Å². The van der Waals surface area contributed by atoms with Gasteiger partial charge in [0.25, 0.3) is 11.2 Å². The molecule has 118 valence electrons. The lowest BCUT2D eigenvalue weighted by Crippen LogP contribution is -2.39. The fraction of sp³-hybridized carbons (Fsp3) is 0.556. The molecule has 0 bridgehead atoms. The number of aromatic nitrogens is 2. The Kier molecular flexibility index (Phi) is 4.19. The van der Waals surface area contributed by atoms with Gasteiger partial charge in [-0.15, -0.1) is 0 Å². The summed E-state index contributed by atoms with van der Waals surface area (Å²) in [5.74, 6) is 0.419. The summed E-state index contributed by atoms with van der Waals surface area (Å²) >= 11 is 0. The summed E-state index contributed by atoms with van der Waals surface area (Å²) in [6.07, 6.45) is 7.16. The number of unbranched alkanes of at least 4 members (excludes halogenated alkanes) is 4. The Balaban J connectivity index is 1.86. The van der Waals surface area contributed by atoms with Crippen LogP contribution >= 0.6 is 0 Å². The van der Waals surface area contributed by atoms with Gasteiger partial charge in [-0.1, -0.05) is 58.1 Å². The molecule has 4 nitrogen and oxygen atoms in total. The Morgan fingerprint density at radius 3 is 2.68 bits per heavy atom. The normalized spacial score (nSPS) is 19.9. The van der Waals surface area contributed by atoms with E-state index >= 15 is 0 Å². The third-order valence-electron chi connectivity index (χ3n) is 5.02. The van der Waals surface area contributed by atoms with Gasteiger partial charge in [0.2, 0.25) is 0 Å². The van der Waals surface area contributed by atoms with Gasteiger partial charge in [-0.05, 0) is 12.5 Å². The van der Waals surface area contributed by atoms with Crippen molar-refractivity contribution in [3.8, 4) is 0 Å². The van der Waals surface area contributed by atoms with E-state index < -0.39 is 0 Å². The minimum atomic E-state index is 0.184. The van der Waals surface area contributed by atoms with Crippen molar-refractivity contribution in [2.75, 3.05) is 0 Å². The first-order valence-corrected chi connectivity index (χ1v) is 8.44. The first kappa shape index (κ1) is 15.1. The molecule has 0 radical (unpaired) electrons. The molecule has 1 aromatic heterocycles. The molecule has 3 rings (SSSR count). The van der Waals surface area contributed by atoms with Crippen molar-refractivity contribution < 1.29 is 4.43 Å². The molecule has 4 heteroatoms. The Morgan fingerprint density at radius 1 is 1.18 bits per heavy atom. The fourth-order valence-electron chi connectivity index (χ4n) is 3.72. The zero-order valence-corrected chi connectivity index (χ0v) is 13.4. The highest BCUT2D eigenvalue weighted by molar-refractivity contribution is 5.73. The quantitative estimate of drug-likeness (QED) is 0.584. The van der Waals surface area contributed by atoms with Gasteiger partial charge in [0, 0.05) is 16.9 Å². The van der Waals surface area contributed by atoms with Crippen LogP contribution in [0.25, 0.3) is 11.0 Å². The third-order valence-corrected chi connectivity index (χ3v) is 5.02. The van der Waals surface area contributed by atoms with Gasteiger partial charge in [0.1, 0.15) is 5.52 Å². The third kappa shape index (κ3) is 2.31. The van der Waals surface area contributed by atoms with Crippen LogP contribution in [0.15, 0.2) is 24.3 Å². The monoisotopic (exact) mass is 300 g/mol. The molecular formula is C18H24N2O2. The van der Waals surface area contributed by atoms with Gasteiger partial charge < -0.3 is 9.94 Å². The molecular weight excluding hydrogens is 276 g/mol. The Bertz CT molecular complexity index is 736. The molecule has 0 spiro atoms. The molecule has 22 heavy (non-hydrogen) atoms. The number of hydrogen-bond donors (Lipinski definition) is 0. The SMILES string of the molecule is CCCCCCCC1c2c([n+](=O)c3ccccc3n2[O-])C1C. The van der Waals surface area contributed by atoms with Gasteiger partial charge in [-0.25, -0.2) is 0 Å². The smallest absolute Gasteiger partial charge is 0.286 e. The van der Waals surface area contributed by atoms with Crippen LogP contribution in [-0.2, 0) is 0 Å². The largest absolute Gasteiger partial charge is 0.805 e. The topological polar surface area (TPSA) is 51.0 Å². The maximum Gasteiger partial charge on any atom is 0.286 e. The lowest BCUT2D eigenvalue weighted by atomic mass is 9.72. The summed E-state index contributed by atoms with van der Waals surface area (Å²) in [6.45, 7) is 4.28. The number of para-hydroxylation sites is 2.